The molecule has 0 aromatic heterocycles. The Hall–Kier alpha value is -1.62. The summed E-state index contributed by atoms with van der Waals surface area (Å²) >= 11 is 0. The van der Waals surface area contributed by atoms with Crippen molar-refractivity contribution in [3.63, 3.8) is 0 Å². The van der Waals surface area contributed by atoms with E-state index in [1.807, 2.05) is 24.3 Å². The molecule has 0 heterocycles. The van der Waals surface area contributed by atoms with E-state index in [0.717, 1.165) is 24.2 Å². The van der Waals surface area contributed by atoms with E-state index < -0.39 is 5.41 Å². The summed E-state index contributed by atoms with van der Waals surface area (Å²) in [6.45, 7) is 7.28. The highest BCUT2D eigenvalue weighted by Crippen LogP contribution is 2.37. The van der Waals surface area contributed by atoms with Gasteiger partial charge in [-0.25, -0.2) is 0 Å². The Bertz CT molecular complexity index is 549. The molecular weight excluding hydrogens is 304 g/mol. The highest BCUT2D eigenvalue weighted by atomic mass is 16.5. The van der Waals surface area contributed by atoms with Crippen molar-refractivity contribution in [3.05, 3.63) is 54.1 Å². The Morgan fingerprint density at radius 3 is 2.71 bits per heavy atom. The first-order valence-electron chi connectivity index (χ1n) is 8.35. The molecule has 0 amide bonds. The van der Waals surface area contributed by atoms with Gasteiger partial charge in [0.1, 0.15) is 5.75 Å². The molecule has 2 atom stereocenters. The van der Waals surface area contributed by atoms with Crippen LogP contribution in [0.3, 0.4) is 0 Å². The second kappa shape index (κ2) is 9.02. The fraction of sp³-hybridized carbons (Fsp3) is 0.500. The standard InChI is InChI=1S/C20H28O4/c1-4-11-24-19-12-16(2)9-10-20(19,14-21)15-23-13-17-5-7-18(22-3)8-6-17/h4-8,12,19,21H,1,9-11,13-15H2,2-3H3/t19-,20-/m0/s1. The monoisotopic (exact) mass is 332 g/mol. The predicted molar refractivity (Wildman–Crippen MR) is 95.1 cm³/mol. The fourth-order valence-corrected chi connectivity index (χ4v) is 2.97. The Balaban J connectivity index is 1.98. The molecule has 0 radical (unpaired) electrons. The van der Waals surface area contributed by atoms with Gasteiger partial charge in [0, 0.05) is 5.41 Å². The number of benzene rings is 1. The molecule has 1 aliphatic rings. The molecule has 0 saturated heterocycles. The summed E-state index contributed by atoms with van der Waals surface area (Å²) in [5.41, 5.74) is 1.98. The summed E-state index contributed by atoms with van der Waals surface area (Å²) in [5.74, 6) is 0.830. The second-order valence-electron chi connectivity index (χ2n) is 6.42. The van der Waals surface area contributed by atoms with E-state index in [4.69, 9.17) is 14.2 Å². The maximum Gasteiger partial charge on any atom is 0.118 e. The Morgan fingerprint density at radius 1 is 1.33 bits per heavy atom. The molecule has 2 rings (SSSR count). The second-order valence-corrected chi connectivity index (χ2v) is 6.42. The maximum absolute atomic E-state index is 10.0. The molecule has 1 N–H and O–H groups in total. The molecule has 1 aliphatic carbocycles. The van der Waals surface area contributed by atoms with Gasteiger partial charge < -0.3 is 19.3 Å². The van der Waals surface area contributed by atoms with Crippen LogP contribution in [-0.2, 0) is 16.1 Å². The minimum atomic E-state index is -0.394. The summed E-state index contributed by atoms with van der Waals surface area (Å²) < 4.78 is 17.0. The number of rotatable bonds is 9. The van der Waals surface area contributed by atoms with E-state index >= 15 is 0 Å². The molecule has 0 saturated carbocycles. The third kappa shape index (κ3) is 4.69. The fourth-order valence-electron chi connectivity index (χ4n) is 2.97. The topological polar surface area (TPSA) is 47.9 Å². The third-order valence-corrected chi connectivity index (χ3v) is 4.58. The molecule has 0 fully saturated rings. The summed E-state index contributed by atoms with van der Waals surface area (Å²) in [4.78, 5) is 0. The van der Waals surface area contributed by atoms with Crippen LogP contribution in [0.5, 0.6) is 5.75 Å². The zero-order valence-corrected chi connectivity index (χ0v) is 14.7. The molecule has 0 spiro atoms. The number of ether oxygens (including phenoxy) is 3. The summed E-state index contributed by atoms with van der Waals surface area (Å²) in [7, 11) is 1.65. The molecule has 132 valence electrons. The zero-order valence-electron chi connectivity index (χ0n) is 14.7. The van der Waals surface area contributed by atoms with Gasteiger partial charge in [0.05, 0.1) is 39.6 Å². The first-order chi connectivity index (χ1) is 11.6. The summed E-state index contributed by atoms with van der Waals surface area (Å²) in [6, 6.07) is 7.81. The van der Waals surface area contributed by atoms with Gasteiger partial charge in [0.2, 0.25) is 0 Å². The van der Waals surface area contributed by atoms with Gasteiger partial charge in [-0.2, -0.15) is 0 Å². The SMILES string of the molecule is C=CCO[C@H]1C=C(C)CC[C@]1(CO)COCc1ccc(OC)cc1. The minimum absolute atomic E-state index is 0.0429. The van der Waals surface area contributed by atoms with Crippen LogP contribution in [0, 0.1) is 5.41 Å². The van der Waals surface area contributed by atoms with Crippen molar-refractivity contribution >= 4 is 0 Å². The molecule has 0 unspecified atom stereocenters. The van der Waals surface area contributed by atoms with Gasteiger partial charge in [-0.3, -0.25) is 0 Å². The van der Waals surface area contributed by atoms with Crippen molar-refractivity contribution in [3.8, 4) is 5.75 Å². The molecule has 24 heavy (non-hydrogen) atoms. The van der Waals surface area contributed by atoms with Gasteiger partial charge in [-0.15, -0.1) is 6.58 Å². The molecule has 4 heteroatoms. The number of hydrogen-bond acceptors (Lipinski definition) is 4. The van der Waals surface area contributed by atoms with Crippen LogP contribution in [0.1, 0.15) is 25.3 Å². The zero-order chi connectivity index (χ0) is 17.4. The van der Waals surface area contributed by atoms with Crippen LogP contribution in [0.25, 0.3) is 0 Å². The van der Waals surface area contributed by atoms with Gasteiger partial charge in [0.15, 0.2) is 0 Å². The smallest absolute Gasteiger partial charge is 0.118 e. The number of allylic oxidation sites excluding steroid dienone is 1. The number of methoxy groups -OCH3 is 1. The van der Waals surface area contributed by atoms with Crippen molar-refractivity contribution in [1.82, 2.24) is 0 Å². The summed E-state index contributed by atoms with van der Waals surface area (Å²) in [6.07, 6.45) is 5.51. The Labute approximate surface area is 144 Å². The molecule has 1 aromatic carbocycles. The molecule has 1 aromatic rings. The Morgan fingerprint density at radius 2 is 2.08 bits per heavy atom. The van der Waals surface area contributed by atoms with E-state index in [0.29, 0.717) is 19.8 Å². The number of hydrogen-bond donors (Lipinski definition) is 1. The van der Waals surface area contributed by atoms with Crippen molar-refractivity contribution in [1.29, 1.82) is 0 Å². The van der Waals surface area contributed by atoms with Crippen LogP contribution < -0.4 is 4.74 Å². The highest BCUT2D eigenvalue weighted by Gasteiger charge is 2.40. The first-order valence-corrected chi connectivity index (χ1v) is 8.35. The lowest BCUT2D eigenvalue weighted by molar-refractivity contribution is -0.0905. The van der Waals surface area contributed by atoms with E-state index in [9.17, 15) is 5.11 Å². The average molecular weight is 332 g/mol. The minimum Gasteiger partial charge on any atom is -0.497 e. The van der Waals surface area contributed by atoms with Gasteiger partial charge in [-0.1, -0.05) is 29.9 Å². The highest BCUT2D eigenvalue weighted by molar-refractivity contribution is 5.26. The normalized spacial score (nSPS) is 23.6. The lowest BCUT2D eigenvalue weighted by Crippen LogP contribution is -2.45. The predicted octanol–water partition coefficient (Wildman–Crippen LogP) is 3.50. The van der Waals surface area contributed by atoms with Crippen LogP contribution in [0.2, 0.25) is 0 Å². The summed E-state index contributed by atoms with van der Waals surface area (Å²) in [5, 5.41) is 10.0. The number of aliphatic hydroxyl groups excluding tert-OH is 1. The first kappa shape index (κ1) is 18.7. The van der Waals surface area contributed by atoms with Gasteiger partial charge >= 0.3 is 0 Å². The van der Waals surface area contributed by atoms with E-state index in [1.54, 1.807) is 13.2 Å². The van der Waals surface area contributed by atoms with E-state index in [1.165, 1.54) is 5.57 Å². The van der Waals surface area contributed by atoms with Crippen LogP contribution in [0.4, 0.5) is 0 Å². The molecular formula is C20H28O4. The van der Waals surface area contributed by atoms with E-state index in [2.05, 4.69) is 19.6 Å². The van der Waals surface area contributed by atoms with Crippen LogP contribution >= 0.6 is 0 Å². The maximum atomic E-state index is 10.0. The average Bonchev–Trinajstić information content (AvgIpc) is 2.62. The lowest BCUT2D eigenvalue weighted by atomic mass is 9.74. The quantitative estimate of drug-likeness (QED) is 0.703. The van der Waals surface area contributed by atoms with Gasteiger partial charge in [-0.05, 0) is 37.5 Å². The van der Waals surface area contributed by atoms with Crippen LogP contribution in [0.15, 0.2) is 48.6 Å². The largest absolute Gasteiger partial charge is 0.497 e. The van der Waals surface area contributed by atoms with Crippen molar-refractivity contribution in [2.24, 2.45) is 5.41 Å². The van der Waals surface area contributed by atoms with E-state index in [-0.39, 0.29) is 12.7 Å². The van der Waals surface area contributed by atoms with Gasteiger partial charge in [0.25, 0.3) is 0 Å². The van der Waals surface area contributed by atoms with Crippen molar-refractivity contribution < 1.29 is 19.3 Å². The lowest BCUT2D eigenvalue weighted by Gasteiger charge is -2.40. The van der Waals surface area contributed by atoms with Crippen molar-refractivity contribution in [2.75, 3.05) is 26.9 Å². The molecule has 0 bridgehead atoms. The number of aliphatic hydroxyl groups is 1. The molecule has 0 aliphatic heterocycles. The van der Waals surface area contributed by atoms with Crippen LogP contribution in [-0.4, -0.2) is 38.1 Å². The third-order valence-electron chi connectivity index (χ3n) is 4.58. The molecule has 4 nitrogen and oxygen atoms in total. The van der Waals surface area contributed by atoms with Crippen molar-refractivity contribution in [2.45, 2.75) is 32.5 Å². The Kier molecular flexibility index (Phi) is 7.03.